The maximum absolute atomic E-state index is 14.9. The van der Waals surface area contributed by atoms with E-state index in [4.69, 9.17) is 0 Å². The van der Waals surface area contributed by atoms with E-state index in [1.54, 1.807) is 11.9 Å². The molecule has 3 aromatic rings. The maximum atomic E-state index is 14.9. The van der Waals surface area contributed by atoms with Crippen molar-refractivity contribution in [2.24, 2.45) is 0 Å². The quantitative estimate of drug-likeness (QED) is 0.570. The number of hydrogen-bond acceptors (Lipinski definition) is 8. The first-order valence-corrected chi connectivity index (χ1v) is 10.6. The molecule has 2 aromatic heterocycles. The number of halogens is 4. The number of rotatable bonds is 4. The zero-order valence-electron chi connectivity index (χ0n) is 17.6. The minimum Gasteiger partial charge on any atom is -0.507 e. The molecule has 0 spiro atoms. The van der Waals surface area contributed by atoms with Crippen LogP contribution in [0, 0.1) is 0 Å². The molecule has 5 rings (SSSR count). The molecule has 0 aliphatic carbocycles. The van der Waals surface area contributed by atoms with Gasteiger partial charge >= 0.3 is 6.18 Å². The zero-order chi connectivity index (χ0) is 23.3. The standard InChI is InChI=1S/C21H21F4N7O/c1-32(15-5-11-2-3-13(28-11)19(15)22)18-9-27-20(31-30-18)12-4-10-8-26-17(7-21(23,24)25)29-14(10)6-16(12)33/h4,6,8-9,11,13,15,19,28,33H,2-3,5,7H2,1H3/t11?,13-,15+,19-/m1/s1. The molecule has 4 heterocycles. The Morgan fingerprint density at radius 3 is 2.70 bits per heavy atom. The van der Waals surface area contributed by atoms with Crippen LogP contribution in [0.3, 0.4) is 0 Å². The molecule has 33 heavy (non-hydrogen) atoms. The van der Waals surface area contributed by atoms with E-state index in [9.17, 15) is 22.7 Å². The summed E-state index contributed by atoms with van der Waals surface area (Å²) in [5.41, 5.74) is 0.406. The van der Waals surface area contributed by atoms with E-state index >= 15 is 0 Å². The van der Waals surface area contributed by atoms with Gasteiger partial charge in [0.15, 0.2) is 11.6 Å². The third kappa shape index (κ3) is 4.26. The number of anilines is 1. The van der Waals surface area contributed by atoms with Crippen LogP contribution < -0.4 is 10.2 Å². The Bertz CT molecular complexity index is 1170. The number of phenols is 1. The summed E-state index contributed by atoms with van der Waals surface area (Å²) in [7, 11) is 1.76. The number of nitrogens with zero attached hydrogens (tertiary/aromatic N) is 6. The van der Waals surface area contributed by atoms with Crippen molar-refractivity contribution in [2.75, 3.05) is 11.9 Å². The fourth-order valence-corrected chi connectivity index (χ4v) is 4.62. The van der Waals surface area contributed by atoms with Crippen molar-refractivity contribution in [1.29, 1.82) is 0 Å². The summed E-state index contributed by atoms with van der Waals surface area (Å²) in [5, 5.41) is 22.4. The predicted octanol–water partition coefficient (Wildman–Crippen LogP) is 2.96. The van der Waals surface area contributed by atoms with Gasteiger partial charge in [-0.3, -0.25) is 0 Å². The fraction of sp³-hybridized carbons (Fsp3) is 0.476. The number of aromatic hydroxyl groups is 1. The molecule has 2 bridgehead atoms. The lowest BCUT2D eigenvalue weighted by Gasteiger charge is -2.38. The van der Waals surface area contributed by atoms with Crippen LogP contribution >= 0.6 is 0 Å². The zero-order valence-corrected chi connectivity index (χ0v) is 17.6. The van der Waals surface area contributed by atoms with Gasteiger partial charge in [-0.2, -0.15) is 13.2 Å². The van der Waals surface area contributed by atoms with E-state index in [1.807, 2.05) is 0 Å². The number of fused-ring (bicyclic) bond motifs is 3. The molecule has 1 unspecified atom stereocenters. The Hall–Kier alpha value is -3.15. The highest BCUT2D eigenvalue weighted by molar-refractivity contribution is 5.86. The number of phenolic OH excluding ortho intramolecular Hbond substituents is 1. The number of aromatic nitrogens is 5. The van der Waals surface area contributed by atoms with Crippen molar-refractivity contribution >= 4 is 16.7 Å². The first-order chi connectivity index (χ1) is 15.7. The number of piperidine rings is 1. The Labute approximate surface area is 186 Å². The Morgan fingerprint density at radius 2 is 1.97 bits per heavy atom. The van der Waals surface area contributed by atoms with Crippen LogP contribution in [0.5, 0.6) is 5.75 Å². The maximum Gasteiger partial charge on any atom is 0.396 e. The van der Waals surface area contributed by atoms with Crippen LogP contribution in [0.4, 0.5) is 23.4 Å². The first kappa shape index (κ1) is 21.7. The van der Waals surface area contributed by atoms with Gasteiger partial charge in [-0.1, -0.05) is 0 Å². The van der Waals surface area contributed by atoms with Gasteiger partial charge in [0.05, 0.1) is 23.3 Å². The molecule has 1 aromatic carbocycles. The monoisotopic (exact) mass is 463 g/mol. The lowest BCUT2D eigenvalue weighted by molar-refractivity contribution is -0.128. The Morgan fingerprint density at radius 1 is 1.15 bits per heavy atom. The summed E-state index contributed by atoms with van der Waals surface area (Å²) in [5.74, 6) is -0.105. The van der Waals surface area contributed by atoms with E-state index in [0.717, 1.165) is 12.8 Å². The molecule has 12 heteroatoms. The fourth-order valence-electron chi connectivity index (χ4n) is 4.62. The minimum atomic E-state index is -4.43. The van der Waals surface area contributed by atoms with Gasteiger partial charge in [-0.25, -0.2) is 19.3 Å². The SMILES string of the molecule is CN(c1cnc(-c2cc3cnc(CC(F)(F)F)nc3cc2O)nn1)[C@H]1CC2CC[C@@H](N2)[C@H]1F. The molecule has 174 valence electrons. The van der Waals surface area contributed by atoms with Crippen LogP contribution in [0.25, 0.3) is 22.3 Å². The van der Waals surface area contributed by atoms with E-state index in [-0.39, 0.29) is 40.6 Å². The topological polar surface area (TPSA) is 100.0 Å². The lowest BCUT2D eigenvalue weighted by atomic mass is 9.96. The average molecular weight is 463 g/mol. The van der Waals surface area contributed by atoms with Crippen LogP contribution in [0.1, 0.15) is 25.1 Å². The van der Waals surface area contributed by atoms with Gasteiger partial charge in [-0.15, -0.1) is 10.2 Å². The third-order valence-corrected chi connectivity index (χ3v) is 6.31. The normalized spacial score (nSPS) is 24.9. The van der Waals surface area contributed by atoms with E-state index in [1.165, 1.54) is 24.5 Å². The summed E-state index contributed by atoms with van der Waals surface area (Å²) >= 11 is 0. The Kier molecular flexibility index (Phi) is 5.26. The Balaban J connectivity index is 1.38. The number of hydrogen-bond donors (Lipinski definition) is 2. The van der Waals surface area contributed by atoms with Crippen LogP contribution in [-0.2, 0) is 6.42 Å². The van der Waals surface area contributed by atoms with Crippen molar-refractivity contribution in [2.45, 2.75) is 56.2 Å². The highest BCUT2D eigenvalue weighted by atomic mass is 19.4. The summed E-state index contributed by atoms with van der Waals surface area (Å²) < 4.78 is 52.7. The molecule has 4 atom stereocenters. The highest BCUT2D eigenvalue weighted by Crippen LogP contribution is 2.34. The summed E-state index contributed by atoms with van der Waals surface area (Å²) in [4.78, 5) is 13.6. The van der Waals surface area contributed by atoms with Crippen molar-refractivity contribution in [3.8, 4) is 17.1 Å². The molecule has 0 amide bonds. The number of benzene rings is 1. The number of nitrogens with one attached hydrogen (secondary N) is 1. The van der Waals surface area contributed by atoms with Gasteiger partial charge in [0.1, 0.15) is 24.2 Å². The molecule has 2 N–H and O–H groups in total. The van der Waals surface area contributed by atoms with Crippen LogP contribution in [-0.4, -0.2) is 67.8 Å². The van der Waals surface area contributed by atoms with Crippen LogP contribution in [0.2, 0.25) is 0 Å². The van der Waals surface area contributed by atoms with E-state index < -0.39 is 18.8 Å². The highest BCUT2D eigenvalue weighted by Gasteiger charge is 2.44. The second-order valence-electron chi connectivity index (χ2n) is 8.55. The van der Waals surface area contributed by atoms with Crippen LogP contribution in [0.15, 0.2) is 24.5 Å². The van der Waals surface area contributed by atoms with Crippen molar-refractivity contribution in [3.63, 3.8) is 0 Å². The molecular weight excluding hydrogens is 442 g/mol. The molecule has 8 nitrogen and oxygen atoms in total. The second-order valence-corrected chi connectivity index (χ2v) is 8.55. The smallest absolute Gasteiger partial charge is 0.396 e. The molecule has 2 aliphatic heterocycles. The second kappa shape index (κ2) is 8.01. The third-order valence-electron chi connectivity index (χ3n) is 6.31. The summed E-state index contributed by atoms with van der Waals surface area (Å²) in [6, 6.07) is 2.55. The van der Waals surface area contributed by atoms with Crippen molar-refractivity contribution < 1.29 is 22.7 Å². The molecule has 0 radical (unpaired) electrons. The van der Waals surface area contributed by atoms with Gasteiger partial charge in [0.25, 0.3) is 0 Å². The van der Waals surface area contributed by atoms with E-state index in [2.05, 4.69) is 30.5 Å². The van der Waals surface area contributed by atoms with Crippen molar-refractivity contribution in [3.05, 3.63) is 30.4 Å². The molecular formula is C21H21F4N7O. The van der Waals surface area contributed by atoms with Gasteiger partial charge in [-0.05, 0) is 25.3 Å². The molecule has 2 aliphatic rings. The molecule has 2 saturated heterocycles. The van der Waals surface area contributed by atoms with E-state index in [0.29, 0.717) is 23.7 Å². The van der Waals surface area contributed by atoms with Gasteiger partial charge in [0.2, 0.25) is 0 Å². The summed E-state index contributed by atoms with van der Waals surface area (Å²) in [6.45, 7) is 0. The number of alkyl halides is 4. The summed E-state index contributed by atoms with van der Waals surface area (Å²) in [6.07, 6.45) is -1.55. The van der Waals surface area contributed by atoms with Gasteiger partial charge < -0.3 is 15.3 Å². The minimum absolute atomic E-state index is 0.119. The lowest BCUT2D eigenvalue weighted by Crippen LogP contribution is -2.55. The largest absolute Gasteiger partial charge is 0.507 e. The van der Waals surface area contributed by atoms with Gasteiger partial charge in [0, 0.05) is 36.8 Å². The van der Waals surface area contributed by atoms with Crippen molar-refractivity contribution in [1.82, 2.24) is 30.5 Å². The molecule has 2 fully saturated rings. The average Bonchev–Trinajstić information content (AvgIpc) is 3.18. The molecule has 0 saturated carbocycles. The predicted molar refractivity (Wildman–Crippen MR) is 111 cm³/mol. The first-order valence-electron chi connectivity index (χ1n) is 10.6.